The maximum absolute atomic E-state index is 13.1. The second-order valence-electron chi connectivity index (χ2n) is 5.33. The molecule has 0 radical (unpaired) electrons. The highest BCUT2D eigenvalue weighted by Crippen LogP contribution is 2.30. The van der Waals surface area contributed by atoms with E-state index in [0.29, 0.717) is 24.6 Å². The third-order valence-electron chi connectivity index (χ3n) is 3.99. The van der Waals surface area contributed by atoms with Crippen molar-refractivity contribution in [3.63, 3.8) is 0 Å². The number of nitrogens with one attached hydrogen (secondary N) is 1. The number of carbonyl (C=O) groups is 1. The van der Waals surface area contributed by atoms with E-state index in [4.69, 9.17) is 5.73 Å². The van der Waals surface area contributed by atoms with Crippen molar-refractivity contribution in [1.82, 2.24) is 5.32 Å². The van der Waals surface area contributed by atoms with E-state index in [0.717, 1.165) is 24.8 Å². The Labute approximate surface area is 125 Å². The van der Waals surface area contributed by atoms with Crippen molar-refractivity contribution in [3.05, 3.63) is 35.1 Å². The summed E-state index contributed by atoms with van der Waals surface area (Å²) >= 11 is 0. The first-order valence-electron chi connectivity index (χ1n) is 6.84. The number of carbonyl (C=O) groups excluding carboxylic acids is 1. The Hall–Kier alpha value is -1.13. The summed E-state index contributed by atoms with van der Waals surface area (Å²) in [4.78, 5) is 12.1. The van der Waals surface area contributed by atoms with E-state index < -0.39 is 0 Å². The predicted octanol–water partition coefficient (Wildman–Crippen LogP) is 2.55. The summed E-state index contributed by atoms with van der Waals surface area (Å²) in [5.74, 6) is 0.227. The van der Waals surface area contributed by atoms with Crippen LogP contribution in [0.5, 0.6) is 0 Å². The van der Waals surface area contributed by atoms with Crippen LogP contribution in [0, 0.1) is 24.6 Å². The van der Waals surface area contributed by atoms with Gasteiger partial charge in [0.2, 0.25) is 5.91 Å². The first-order valence-corrected chi connectivity index (χ1v) is 6.84. The smallest absolute Gasteiger partial charge is 0.223 e. The molecule has 0 spiro atoms. The van der Waals surface area contributed by atoms with Crippen molar-refractivity contribution in [3.8, 4) is 0 Å². The first-order chi connectivity index (χ1) is 9.11. The van der Waals surface area contributed by atoms with Gasteiger partial charge in [0, 0.05) is 12.5 Å². The molecular weight excluding hydrogens is 279 g/mol. The van der Waals surface area contributed by atoms with Crippen LogP contribution in [0.3, 0.4) is 0 Å². The molecule has 1 aliphatic rings. The third-order valence-corrected chi connectivity index (χ3v) is 3.99. The van der Waals surface area contributed by atoms with Crippen molar-refractivity contribution in [2.75, 3.05) is 6.54 Å². The van der Waals surface area contributed by atoms with Crippen LogP contribution in [0.2, 0.25) is 0 Å². The lowest BCUT2D eigenvalue weighted by Crippen LogP contribution is -2.34. The molecule has 0 aromatic heterocycles. The van der Waals surface area contributed by atoms with Crippen molar-refractivity contribution in [2.45, 2.75) is 32.7 Å². The number of amides is 1. The van der Waals surface area contributed by atoms with Gasteiger partial charge in [0.15, 0.2) is 0 Å². The molecule has 1 aromatic rings. The van der Waals surface area contributed by atoms with Gasteiger partial charge in [-0.25, -0.2) is 4.39 Å². The lowest BCUT2D eigenvalue weighted by atomic mass is 9.95. The highest BCUT2D eigenvalue weighted by molar-refractivity contribution is 5.85. The van der Waals surface area contributed by atoms with Gasteiger partial charge in [-0.15, -0.1) is 12.4 Å². The molecule has 0 bridgehead atoms. The average Bonchev–Trinajstić information content (AvgIpc) is 2.88. The zero-order chi connectivity index (χ0) is 13.8. The minimum absolute atomic E-state index is 0. The zero-order valence-electron chi connectivity index (χ0n) is 11.7. The van der Waals surface area contributed by atoms with Crippen molar-refractivity contribution >= 4 is 18.3 Å². The van der Waals surface area contributed by atoms with E-state index in [1.165, 1.54) is 6.07 Å². The van der Waals surface area contributed by atoms with E-state index in [1.54, 1.807) is 19.1 Å². The number of nitrogens with two attached hydrogens (primary N) is 1. The van der Waals surface area contributed by atoms with E-state index in [-0.39, 0.29) is 30.0 Å². The summed E-state index contributed by atoms with van der Waals surface area (Å²) in [5, 5.41) is 2.93. The van der Waals surface area contributed by atoms with Gasteiger partial charge in [-0.05, 0) is 49.4 Å². The van der Waals surface area contributed by atoms with Gasteiger partial charge in [-0.3, -0.25) is 4.79 Å². The fourth-order valence-corrected chi connectivity index (χ4v) is 2.80. The molecule has 0 aliphatic heterocycles. The number of rotatable bonds is 4. The Morgan fingerprint density at radius 2 is 2.20 bits per heavy atom. The Morgan fingerprint density at radius 1 is 1.45 bits per heavy atom. The summed E-state index contributed by atoms with van der Waals surface area (Å²) in [6.07, 6.45) is 3.05. The van der Waals surface area contributed by atoms with Crippen LogP contribution >= 0.6 is 12.4 Å². The Morgan fingerprint density at radius 3 is 2.85 bits per heavy atom. The largest absolute Gasteiger partial charge is 0.352 e. The number of aryl methyl sites for hydroxylation is 1. The van der Waals surface area contributed by atoms with E-state index >= 15 is 0 Å². The maximum atomic E-state index is 13.1. The number of hydrogen-bond acceptors (Lipinski definition) is 2. The van der Waals surface area contributed by atoms with E-state index in [2.05, 4.69) is 5.32 Å². The zero-order valence-corrected chi connectivity index (χ0v) is 12.5. The van der Waals surface area contributed by atoms with Crippen LogP contribution in [0.15, 0.2) is 18.2 Å². The summed E-state index contributed by atoms with van der Waals surface area (Å²) in [6, 6.07) is 4.91. The summed E-state index contributed by atoms with van der Waals surface area (Å²) < 4.78 is 13.1. The molecule has 3 N–H and O–H groups in total. The summed E-state index contributed by atoms with van der Waals surface area (Å²) in [7, 11) is 0. The fraction of sp³-hybridized carbons (Fsp3) is 0.533. The second-order valence-corrected chi connectivity index (χ2v) is 5.33. The van der Waals surface area contributed by atoms with Crippen LogP contribution < -0.4 is 11.1 Å². The lowest BCUT2D eigenvalue weighted by molar-refractivity contribution is -0.126. The minimum atomic E-state index is -0.214. The summed E-state index contributed by atoms with van der Waals surface area (Å²) in [6.45, 7) is 2.75. The van der Waals surface area contributed by atoms with Gasteiger partial charge < -0.3 is 11.1 Å². The maximum Gasteiger partial charge on any atom is 0.223 e. The van der Waals surface area contributed by atoms with Crippen LogP contribution in [0.25, 0.3) is 0 Å². The van der Waals surface area contributed by atoms with E-state index in [1.807, 2.05) is 0 Å². The first kappa shape index (κ1) is 16.9. The highest BCUT2D eigenvalue weighted by atomic mass is 35.5. The normalized spacial score (nSPS) is 21.4. The highest BCUT2D eigenvalue weighted by Gasteiger charge is 2.31. The van der Waals surface area contributed by atoms with Crippen LogP contribution in [0.1, 0.15) is 30.4 Å². The molecular formula is C15H22ClFN2O. The second kappa shape index (κ2) is 7.60. The number of benzene rings is 1. The predicted molar refractivity (Wildman–Crippen MR) is 80.1 cm³/mol. The molecule has 1 fully saturated rings. The fourth-order valence-electron chi connectivity index (χ4n) is 2.80. The number of halogens is 2. The quantitative estimate of drug-likeness (QED) is 0.898. The molecule has 2 atom stereocenters. The summed E-state index contributed by atoms with van der Waals surface area (Å²) in [5.41, 5.74) is 7.21. The molecule has 1 aliphatic carbocycles. The van der Waals surface area contributed by atoms with Gasteiger partial charge in [0.25, 0.3) is 0 Å². The monoisotopic (exact) mass is 300 g/mol. The van der Waals surface area contributed by atoms with Crippen molar-refractivity contribution < 1.29 is 9.18 Å². The standard InChI is InChI=1S/C15H21FN2O.ClH/c1-10-7-11(5-6-14(10)16)9-18-15(19)13-4-2-3-12(13)8-17;/h5-7,12-13H,2-4,8-9,17H2,1H3,(H,18,19);1H/t12-,13-;/m1./s1. The topological polar surface area (TPSA) is 55.1 Å². The van der Waals surface area contributed by atoms with Gasteiger partial charge in [0.05, 0.1) is 0 Å². The van der Waals surface area contributed by atoms with Crippen LogP contribution in [-0.2, 0) is 11.3 Å². The SMILES string of the molecule is Cc1cc(CNC(=O)[C@@H]2CCC[C@@H]2CN)ccc1F.Cl. The molecule has 1 aromatic carbocycles. The van der Waals surface area contributed by atoms with Crippen molar-refractivity contribution in [1.29, 1.82) is 0 Å². The molecule has 0 saturated heterocycles. The van der Waals surface area contributed by atoms with E-state index in [9.17, 15) is 9.18 Å². The Balaban J connectivity index is 0.00000200. The van der Waals surface area contributed by atoms with Gasteiger partial charge in [-0.1, -0.05) is 18.6 Å². The van der Waals surface area contributed by atoms with Gasteiger partial charge in [0.1, 0.15) is 5.82 Å². The lowest BCUT2D eigenvalue weighted by Gasteiger charge is -2.17. The van der Waals surface area contributed by atoms with Crippen molar-refractivity contribution in [2.24, 2.45) is 17.6 Å². The minimum Gasteiger partial charge on any atom is -0.352 e. The average molecular weight is 301 g/mol. The van der Waals surface area contributed by atoms with Crippen LogP contribution in [-0.4, -0.2) is 12.5 Å². The molecule has 0 unspecified atom stereocenters. The molecule has 5 heteroatoms. The number of hydrogen-bond donors (Lipinski definition) is 2. The Bertz CT molecular complexity index is 467. The molecule has 20 heavy (non-hydrogen) atoms. The molecule has 1 saturated carbocycles. The van der Waals surface area contributed by atoms with Gasteiger partial charge in [-0.2, -0.15) is 0 Å². The molecule has 1 amide bonds. The molecule has 3 nitrogen and oxygen atoms in total. The Kier molecular flexibility index (Phi) is 6.43. The van der Waals surface area contributed by atoms with Crippen LogP contribution in [0.4, 0.5) is 4.39 Å². The third kappa shape index (κ3) is 3.93. The molecule has 0 heterocycles. The van der Waals surface area contributed by atoms with Gasteiger partial charge >= 0.3 is 0 Å². The molecule has 2 rings (SSSR count). The molecule has 112 valence electrons.